The molecule has 0 spiro atoms. The van der Waals surface area contributed by atoms with Gasteiger partial charge in [-0.2, -0.15) is 0 Å². The molecule has 0 unspecified atom stereocenters. The fourth-order valence-corrected chi connectivity index (χ4v) is 1.92. The van der Waals surface area contributed by atoms with Crippen molar-refractivity contribution >= 4 is 14.1 Å². The van der Waals surface area contributed by atoms with Crippen molar-refractivity contribution in [2.45, 2.75) is 59.2 Å². The van der Waals surface area contributed by atoms with Crippen LogP contribution in [0.3, 0.4) is 0 Å². The lowest BCUT2D eigenvalue weighted by molar-refractivity contribution is -0.115. The van der Waals surface area contributed by atoms with E-state index >= 15 is 0 Å². The van der Waals surface area contributed by atoms with Crippen molar-refractivity contribution in [2.24, 2.45) is 0 Å². The Bertz CT molecular complexity index is 272. The van der Waals surface area contributed by atoms with Crippen LogP contribution in [0.4, 0.5) is 0 Å². The maximum atomic E-state index is 11.4. The third-order valence-electron chi connectivity index (χ3n) is 3.40. The Morgan fingerprint density at radius 2 is 1.81 bits per heavy atom. The molecular formula is C13H26O2Si. The Labute approximate surface area is 101 Å². The van der Waals surface area contributed by atoms with Crippen molar-refractivity contribution in [3.8, 4) is 0 Å². The molecule has 0 aromatic heterocycles. The van der Waals surface area contributed by atoms with Crippen molar-refractivity contribution in [2.75, 3.05) is 6.61 Å². The summed E-state index contributed by atoms with van der Waals surface area (Å²) in [5, 5.41) is 0.226. The van der Waals surface area contributed by atoms with E-state index in [1.807, 2.05) is 19.9 Å². The average Bonchev–Trinajstić information content (AvgIpc) is 2.14. The van der Waals surface area contributed by atoms with Gasteiger partial charge in [0, 0.05) is 6.42 Å². The zero-order valence-corrected chi connectivity index (χ0v) is 12.8. The second kappa shape index (κ2) is 5.78. The van der Waals surface area contributed by atoms with Crippen LogP contribution in [0.2, 0.25) is 18.1 Å². The van der Waals surface area contributed by atoms with Crippen LogP contribution in [-0.2, 0) is 9.22 Å². The number of carbonyl (C=O) groups is 1. The van der Waals surface area contributed by atoms with Gasteiger partial charge in [-0.1, -0.05) is 33.8 Å². The number of hydrogen-bond acceptors (Lipinski definition) is 2. The first kappa shape index (κ1) is 15.6. The van der Waals surface area contributed by atoms with Crippen LogP contribution in [0.5, 0.6) is 0 Å². The monoisotopic (exact) mass is 242 g/mol. The number of hydrogen-bond donors (Lipinski definition) is 0. The van der Waals surface area contributed by atoms with Gasteiger partial charge in [-0.25, -0.2) is 0 Å². The first-order valence-electron chi connectivity index (χ1n) is 5.95. The zero-order chi connectivity index (χ0) is 13.0. The minimum Gasteiger partial charge on any atom is -0.413 e. The molecule has 0 amide bonds. The molecule has 0 aliphatic heterocycles. The maximum absolute atomic E-state index is 11.4. The molecule has 0 aliphatic carbocycles. The largest absolute Gasteiger partial charge is 0.413 e. The average molecular weight is 242 g/mol. The lowest BCUT2D eigenvalue weighted by Gasteiger charge is -2.35. The lowest BCUT2D eigenvalue weighted by Crippen LogP contribution is -2.40. The highest BCUT2D eigenvalue weighted by Gasteiger charge is 2.36. The summed E-state index contributed by atoms with van der Waals surface area (Å²) in [7, 11) is -1.67. The lowest BCUT2D eigenvalue weighted by atomic mass is 10.1. The van der Waals surface area contributed by atoms with E-state index in [0.29, 0.717) is 13.0 Å². The molecule has 0 saturated carbocycles. The predicted molar refractivity (Wildman–Crippen MR) is 72.2 cm³/mol. The Kier molecular flexibility index (Phi) is 5.63. The smallest absolute Gasteiger partial charge is 0.192 e. The van der Waals surface area contributed by atoms with Gasteiger partial charge in [-0.15, -0.1) is 0 Å². The van der Waals surface area contributed by atoms with E-state index in [9.17, 15) is 4.79 Å². The molecule has 0 N–H and O–H groups in total. The SMILES string of the molecule is CCC(=O)/C(C)=C/CO[Si](C)(C)C(C)(C)C. The molecule has 0 aromatic rings. The molecular weight excluding hydrogens is 216 g/mol. The van der Waals surface area contributed by atoms with Gasteiger partial charge in [0.2, 0.25) is 0 Å². The minimum atomic E-state index is -1.67. The Morgan fingerprint density at radius 1 is 1.31 bits per heavy atom. The summed E-state index contributed by atoms with van der Waals surface area (Å²) in [6.45, 7) is 15.4. The van der Waals surface area contributed by atoms with E-state index in [1.54, 1.807) is 0 Å². The highest BCUT2D eigenvalue weighted by atomic mass is 28.4. The maximum Gasteiger partial charge on any atom is 0.192 e. The molecule has 0 atom stereocenters. The van der Waals surface area contributed by atoms with Gasteiger partial charge in [0.25, 0.3) is 0 Å². The van der Waals surface area contributed by atoms with Crippen LogP contribution in [0.15, 0.2) is 11.6 Å². The third kappa shape index (κ3) is 4.62. The molecule has 0 fully saturated rings. The summed E-state index contributed by atoms with van der Waals surface area (Å²) in [6.07, 6.45) is 2.48. The molecule has 0 aromatic carbocycles. The van der Waals surface area contributed by atoms with E-state index < -0.39 is 8.32 Å². The number of Topliss-reactive ketones (excluding diaryl/α,β-unsaturated/α-hetero) is 1. The standard InChI is InChI=1S/C13H26O2Si/c1-8-12(14)11(2)9-10-15-16(6,7)13(3,4)5/h9H,8,10H2,1-7H3/b11-9+. The van der Waals surface area contributed by atoms with Crippen LogP contribution in [0, 0.1) is 0 Å². The number of allylic oxidation sites excluding steroid dienone is 1. The topological polar surface area (TPSA) is 26.3 Å². The van der Waals surface area contributed by atoms with Crippen LogP contribution < -0.4 is 0 Å². The number of rotatable bonds is 5. The second-order valence-corrected chi connectivity index (χ2v) is 10.5. The Balaban J connectivity index is 4.33. The van der Waals surface area contributed by atoms with Crippen LogP contribution in [0.1, 0.15) is 41.0 Å². The molecule has 94 valence electrons. The van der Waals surface area contributed by atoms with Gasteiger partial charge in [-0.3, -0.25) is 4.79 Å². The molecule has 0 saturated heterocycles. The summed E-state index contributed by atoms with van der Waals surface area (Å²) < 4.78 is 5.97. The van der Waals surface area contributed by atoms with Crippen LogP contribution >= 0.6 is 0 Å². The van der Waals surface area contributed by atoms with Crippen molar-refractivity contribution in [1.82, 2.24) is 0 Å². The molecule has 3 heteroatoms. The van der Waals surface area contributed by atoms with Gasteiger partial charge in [0.05, 0.1) is 6.61 Å². The first-order valence-corrected chi connectivity index (χ1v) is 8.86. The van der Waals surface area contributed by atoms with Crippen LogP contribution in [0.25, 0.3) is 0 Å². The summed E-state index contributed by atoms with van der Waals surface area (Å²) in [4.78, 5) is 11.4. The second-order valence-electron chi connectivity index (χ2n) is 5.74. The molecule has 0 radical (unpaired) electrons. The highest BCUT2D eigenvalue weighted by Crippen LogP contribution is 2.36. The van der Waals surface area contributed by atoms with E-state index in [1.165, 1.54) is 0 Å². The van der Waals surface area contributed by atoms with Crippen molar-refractivity contribution in [1.29, 1.82) is 0 Å². The fraction of sp³-hybridized carbons (Fsp3) is 0.769. The first-order chi connectivity index (χ1) is 7.12. The molecule has 0 bridgehead atoms. The van der Waals surface area contributed by atoms with Gasteiger partial charge < -0.3 is 4.43 Å². The summed E-state index contributed by atoms with van der Waals surface area (Å²) in [5.41, 5.74) is 0.821. The fourth-order valence-electron chi connectivity index (χ4n) is 0.984. The molecule has 0 heterocycles. The summed E-state index contributed by atoms with van der Waals surface area (Å²) in [6, 6.07) is 0. The summed E-state index contributed by atoms with van der Waals surface area (Å²) >= 11 is 0. The van der Waals surface area contributed by atoms with Crippen LogP contribution in [-0.4, -0.2) is 20.7 Å². The van der Waals surface area contributed by atoms with E-state index in [4.69, 9.17) is 4.43 Å². The van der Waals surface area contributed by atoms with E-state index in [0.717, 1.165) is 5.57 Å². The van der Waals surface area contributed by atoms with E-state index in [-0.39, 0.29) is 10.8 Å². The predicted octanol–water partition coefficient (Wildman–Crippen LogP) is 3.93. The van der Waals surface area contributed by atoms with Gasteiger partial charge in [0.1, 0.15) is 0 Å². The van der Waals surface area contributed by atoms with Crippen molar-refractivity contribution in [3.63, 3.8) is 0 Å². The minimum absolute atomic E-state index is 0.207. The molecule has 16 heavy (non-hydrogen) atoms. The van der Waals surface area contributed by atoms with Gasteiger partial charge >= 0.3 is 0 Å². The van der Waals surface area contributed by atoms with Crippen molar-refractivity contribution < 1.29 is 9.22 Å². The number of ketones is 1. The number of carbonyl (C=O) groups excluding carboxylic acids is 1. The van der Waals surface area contributed by atoms with Gasteiger partial charge in [-0.05, 0) is 30.6 Å². The van der Waals surface area contributed by atoms with Crippen molar-refractivity contribution in [3.05, 3.63) is 11.6 Å². The molecule has 2 nitrogen and oxygen atoms in total. The molecule has 0 rings (SSSR count). The van der Waals surface area contributed by atoms with E-state index in [2.05, 4.69) is 33.9 Å². The Morgan fingerprint density at radius 3 is 2.19 bits per heavy atom. The third-order valence-corrected chi connectivity index (χ3v) is 7.90. The summed E-state index contributed by atoms with van der Waals surface area (Å²) in [5.74, 6) is 0.207. The quantitative estimate of drug-likeness (QED) is 0.539. The van der Waals surface area contributed by atoms with Gasteiger partial charge in [0.15, 0.2) is 14.1 Å². The normalized spacial score (nSPS) is 14.1. The Hall–Kier alpha value is -0.413. The zero-order valence-electron chi connectivity index (χ0n) is 11.8. The highest BCUT2D eigenvalue weighted by molar-refractivity contribution is 6.74. The molecule has 0 aliphatic rings.